The largest absolute Gasteiger partial charge is 0.351 e. The highest BCUT2D eigenvalue weighted by Gasteiger charge is 2.49. The summed E-state index contributed by atoms with van der Waals surface area (Å²) in [5.41, 5.74) is 2.43. The molecular formula is C26H36N2O2. The predicted molar refractivity (Wildman–Crippen MR) is 118 cm³/mol. The van der Waals surface area contributed by atoms with Crippen LogP contribution in [0.5, 0.6) is 0 Å². The van der Waals surface area contributed by atoms with Crippen molar-refractivity contribution in [1.29, 1.82) is 0 Å². The van der Waals surface area contributed by atoms with E-state index in [0.717, 1.165) is 37.6 Å². The molecule has 6 rings (SSSR count). The number of carbonyl (C=O) groups is 2. The average Bonchev–Trinajstić information content (AvgIpc) is 3.21. The second-order valence-corrected chi connectivity index (χ2v) is 10.7. The van der Waals surface area contributed by atoms with Gasteiger partial charge in [-0.15, -0.1) is 0 Å². The van der Waals surface area contributed by atoms with E-state index in [0.29, 0.717) is 17.9 Å². The minimum absolute atomic E-state index is 0.0951. The first kappa shape index (κ1) is 20.1. The summed E-state index contributed by atoms with van der Waals surface area (Å²) >= 11 is 0. The summed E-state index contributed by atoms with van der Waals surface area (Å²) in [5.74, 6) is 3.33. The number of nitrogens with one attached hydrogen (secondary N) is 1. The summed E-state index contributed by atoms with van der Waals surface area (Å²) in [4.78, 5) is 28.4. The highest BCUT2D eigenvalue weighted by Crippen LogP contribution is 2.53. The van der Waals surface area contributed by atoms with Crippen LogP contribution in [0.25, 0.3) is 0 Å². The Hall–Kier alpha value is -1.84. The van der Waals surface area contributed by atoms with Gasteiger partial charge in [-0.25, -0.2) is 0 Å². The summed E-state index contributed by atoms with van der Waals surface area (Å²) in [5, 5.41) is 3.45. The Labute approximate surface area is 180 Å². The van der Waals surface area contributed by atoms with Crippen LogP contribution in [0.1, 0.15) is 63.0 Å². The lowest BCUT2D eigenvalue weighted by molar-refractivity contribution is -0.142. The van der Waals surface area contributed by atoms with Crippen molar-refractivity contribution < 1.29 is 9.59 Å². The quantitative estimate of drug-likeness (QED) is 0.797. The molecule has 5 aliphatic rings. The Bertz CT molecular complexity index is 774. The van der Waals surface area contributed by atoms with Crippen molar-refractivity contribution in [1.82, 2.24) is 10.2 Å². The van der Waals surface area contributed by atoms with Gasteiger partial charge in [0, 0.05) is 18.5 Å². The summed E-state index contributed by atoms with van der Waals surface area (Å²) in [7, 11) is 0. The Balaban J connectivity index is 1.21. The first-order valence-corrected chi connectivity index (χ1v) is 12.1. The molecule has 1 heterocycles. The van der Waals surface area contributed by atoms with Gasteiger partial charge >= 0.3 is 0 Å². The Morgan fingerprint density at radius 2 is 1.67 bits per heavy atom. The standard InChI is InChI=1S/C26H36N2O2/c1-16-5-7-18(8-6-16)10-17(2)26(30)28-9-3-4-23(28)25(29)27-24-21-12-19-11-20(14-21)15-22(24)13-19/h5-8,17,19-24H,3-4,9-15H2,1-2H3,(H,27,29)/t17-,19?,20?,21?,22?,23+,24?/m0/s1. The van der Waals surface area contributed by atoms with Crippen molar-refractivity contribution in [2.24, 2.45) is 29.6 Å². The van der Waals surface area contributed by atoms with Gasteiger partial charge in [-0.05, 0) is 87.5 Å². The van der Waals surface area contributed by atoms with Crippen molar-refractivity contribution in [2.75, 3.05) is 6.54 Å². The van der Waals surface area contributed by atoms with E-state index in [-0.39, 0.29) is 23.8 Å². The molecule has 0 aromatic heterocycles. The van der Waals surface area contributed by atoms with Crippen molar-refractivity contribution in [2.45, 2.75) is 77.3 Å². The zero-order valence-corrected chi connectivity index (χ0v) is 18.5. The summed E-state index contributed by atoms with van der Waals surface area (Å²) in [6, 6.07) is 8.51. The zero-order chi connectivity index (χ0) is 20.8. The van der Waals surface area contributed by atoms with Gasteiger partial charge in [-0.2, -0.15) is 0 Å². The van der Waals surface area contributed by atoms with Crippen LogP contribution in [-0.4, -0.2) is 35.3 Å². The molecule has 4 nitrogen and oxygen atoms in total. The molecule has 30 heavy (non-hydrogen) atoms. The van der Waals surface area contributed by atoms with Crippen LogP contribution in [0.2, 0.25) is 0 Å². The molecule has 5 fully saturated rings. The maximum Gasteiger partial charge on any atom is 0.243 e. The third-order valence-electron chi connectivity index (χ3n) is 8.46. The Morgan fingerprint density at radius 1 is 1.03 bits per heavy atom. The van der Waals surface area contributed by atoms with Gasteiger partial charge in [0.05, 0.1) is 0 Å². The molecule has 1 aromatic rings. The maximum absolute atomic E-state index is 13.3. The third kappa shape index (κ3) is 3.78. The van der Waals surface area contributed by atoms with E-state index in [4.69, 9.17) is 0 Å². The van der Waals surface area contributed by atoms with E-state index in [9.17, 15) is 9.59 Å². The zero-order valence-electron chi connectivity index (χ0n) is 18.5. The number of nitrogens with zero attached hydrogens (tertiary/aromatic N) is 1. The first-order valence-electron chi connectivity index (χ1n) is 12.1. The number of hydrogen-bond donors (Lipinski definition) is 1. The molecular weight excluding hydrogens is 372 g/mol. The normalized spacial score (nSPS) is 35.5. The van der Waals surface area contributed by atoms with Crippen molar-refractivity contribution in [3.8, 4) is 0 Å². The second kappa shape index (κ2) is 8.01. The number of carbonyl (C=O) groups excluding carboxylic acids is 2. The number of rotatable bonds is 5. The van der Waals surface area contributed by atoms with Crippen LogP contribution < -0.4 is 5.32 Å². The maximum atomic E-state index is 13.3. The number of benzene rings is 1. The molecule has 1 N–H and O–H groups in total. The lowest BCUT2D eigenvalue weighted by atomic mass is 9.54. The Kier molecular flexibility index (Phi) is 5.37. The number of likely N-dealkylation sites (tertiary alicyclic amines) is 1. The topological polar surface area (TPSA) is 49.4 Å². The molecule has 4 aliphatic carbocycles. The van der Waals surface area contributed by atoms with Crippen LogP contribution >= 0.6 is 0 Å². The molecule has 4 saturated carbocycles. The van der Waals surface area contributed by atoms with E-state index < -0.39 is 0 Å². The lowest BCUT2D eigenvalue weighted by Crippen LogP contribution is -2.58. The SMILES string of the molecule is Cc1ccc(C[C@H](C)C(=O)N2CCC[C@@H]2C(=O)NC2C3CC4CC(C3)CC2C4)cc1. The van der Waals surface area contributed by atoms with E-state index in [1.54, 1.807) is 0 Å². The van der Waals surface area contributed by atoms with E-state index >= 15 is 0 Å². The molecule has 4 heteroatoms. The number of amides is 2. The fourth-order valence-electron chi connectivity index (χ4n) is 7.17. The molecule has 1 aliphatic heterocycles. The van der Waals surface area contributed by atoms with Crippen LogP contribution in [0.4, 0.5) is 0 Å². The lowest BCUT2D eigenvalue weighted by Gasteiger charge is -2.54. The van der Waals surface area contributed by atoms with Gasteiger partial charge in [0.1, 0.15) is 6.04 Å². The van der Waals surface area contributed by atoms with Gasteiger partial charge in [0.25, 0.3) is 0 Å². The Morgan fingerprint density at radius 3 is 2.30 bits per heavy atom. The molecule has 2 atom stereocenters. The minimum Gasteiger partial charge on any atom is -0.351 e. The van der Waals surface area contributed by atoms with Crippen LogP contribution in [0.3, 0.4) is 0 Å². The van der Waals surface area contributed by atoms with Gasteiger partial charge in [-0.1, -0.05) is 36.8 Å². The van der Waals surface area contributed by atoms with Crippen LogP contribution in [0.15, 0.2) is 24.3 Å². The van der Waals surface area contributed by atoms with Crippen molar-refractivity contribution >= 4 is 11.8 Å². The molecule has 162 valence electrons. The monoisotopic (exact) mass is 408 g/mol. The molecule has 1 aromatic carbocycles. The fraction of sp³-hybridized carbons (Fsp3) is 0.692. The molecule has 0 unspecified atom stereocenters. The first-order chi connectivity index (χ1) is 14.5. The molecule has 0 radical (unpaired) electrons. The van der Waals surface area contributed by atoms with Crippen LogP contribution in [-0.2, 0) is 16.0 Å². The third-order valence-corrected chi connectivity index (χ3v) is 8.46. The molecule has 2 amide bonds. The molecule has 4 bridgehead atoms. The van der Waals surface area contributed by atoms with Gasteiger partial charge in [0.2, 0.25) is 11.8 Å². The average molecular weight is 409 g/mol. The minimum atomic E-state index is -0.268. The van der Waals surface area contributed by atoms with Gasteiger partial charge < -0.3 is 10.2 Å². The summed E-state index contributed by atoms with van der Waals surface area (Å²) in [6.45, 7) is 4.81. The highest BCUT2D eigenvalue weighted by molar-refractivity contribution is 5.89. The summed E-state index contributed by atoms with van der Waals surface area (Å²) in [6.07, 6.45) is 9.12. The van der Waals surface area contributed by atoms with E-state index in [1.165, 1.54) is 43.2 Å². The van der Waals surface area contributed by atoms with Crippen LogP contribution in [0, 0.1) is 36.5 Å². The van der Waals surface area contributed by atoms with E-state index in [2.05, 4.69) is 36.5 Å². The fourth-order valence-corrected chi connectivity index (χ4v) is 7.17. The highest BCUT2D eigenvalue weighted by atomic mass is 16.2. The van der Waals surface area contributed by atoms with Gasteiger partial charge in [0.15, 0.2) is 0 Å². The number of aryl methyl sites for hydroxylation is 1. The van der Waals surface area contributed by atoms with Gasteiger partial charge in [-0.3, -0.25) is 9.59 Å². The number of hydrogen-bond acceptors (Lipinski definition) is 2. The smallest absolute Gasteiger partial charge is 0.243 e. The van der Waals surface area contributed by atoms with E-state index in [1.807, 2.05) is 11.8 Å². The second-order valence-electron chi connectivity index (χ2n) is 10.7. The molecule has 0 spiro atoms. The predicted octanol–water partition coefficient (Wildman–Crippen LogP) is 4.11. The van der Waals surface area contributed by atoms with Crippen molar-refractivity contribution in [3.63, 3.8) is 0 Å². The molecule has 1 saturated heterocycles. The summed E-state index contributed by atoms with van der Waals surface area (Å²) < 4.78 is 0. The van der Waals surface area contributed by atoms with Crippen molar-refractivity contribution in [3.05, 3.63) is 35.4 Å².